The van der Waals surface area contributed by atoms with E-state index in [0.717, 1.165) is 16.0 Å². The van der Waals surface area contributed by atoms with Crippen molar-refractivity contribution in [3.8, 4) is 17.6 Å². The number of aliphatic hydroxyl groups excluding tert-OH is 1. The molecule has 3 aromatic carbocycles. The van der Waals surface area contributed by atoms with Gasteiger partial charge in [-0.05, 0) is 48.5 Å². The van der Waals surface area contributed by atoms with Crippen molar-refractivity contribution in [2.45, 2.75) is 0 Å². The average molecular weight is 370 g/mol. The third-order valence-electron chi connectivity index (χ3n) is 3.96. The van der Waals surface area contributed by atoms with E-state index >= 15 is 0 Å². The molecule has 4 rings (SSSR count). The quantitative estimate of drug-likeness (QED) is 0.351. The second-order valence-electron chi connectivity index (χ2n) is 5.76. The maximum atomic E-state index is 10.6. The predicted octanol–water partition coefficient (Wildman–Crippen LogP) is 6.04. The number of nitrogens with zero attached hydrogens (tertiary/aromatic N) is 2. The van der Waals surface area contributed by atoms with Gasteiger partial charge < -0.3 is 9.84 Å². The van der Waals surface area contributed by atoms with Crippen LogP contribution in [-0.4, -0.2) is 10.1 Å². The second kappa shape index (κ2) is 7.32. The van der Waals surface area contributed by atoms with Crippen molar-refractivity contribution in [2.24, 2.45) is 0 Å². The first-order valence-corrected chi connectivity index (χ1v) is 9.09. The van der Waals surface area contributed by atoms with Crippen LogP contribution >= 0.6 is 11.3 Å². The number of nitriles is 1. The second-order valence-corrected chi connectivity index (χ2v) is 6.79. The summed E-state index contributed by atoms with van der Waals surface area (Å²) in [4.78, 5) is 4.46. The zero-order chi connectivity index (χ0) is 18.6. The van der Waals surface area contributed by atoms with Crippen LogP contribution in [0.1, 0.15) is 10.6 Å². The number of ether oxygens (including phenoxy) is 1. The van der Waals surface area contributed by atoms with Crippen LogP contribution < -0.4 is 4.74 Å². The maximum Gasteiger partial charge on any atom is 0.143 e. The van der Waals surface area contributed by atoms with Gasteiger partial charge >= 0.3 is 0 Å². The molecule has 0 unspecified atom stereocenters. The smallest absolute Gasteiger partial charge is 0.143 e. The van der Waals surface area contributed by atoms with Crippen molar-refractivity contribution in [1.29, 1.82) is 5.26 Å². The number of benzene rings is 3. The minimum absolute atomic E-state index is 0.0946. The third-order valence-corrected chi connectivity index (χ3v) is 5.02. The van der Waals surface area contributed by atoms with Gasteiger partial charge in [0.15, 0.2) is 0 Å². The molecule has 0 saturated carbocycles. The molecule has 27 heavy (non-hydrogen) atoms. The number of aromatic nitrogens is 1. The van der Waals surface area contributed by atoms with Crippen LogP contribution in [0.5, 0.6) is 11.5 Å². The van der Waals surface area contributed by atoms with Gasteiger partial charge in [-0.2, -0.15) is 5.26 Å². The maximum absolute atomic E-state index is 10.6. The number of hydrogen-bond donors (Lipinski definition) is 1. The monoisotopic (exact) mass is 370 g/mol. The van der Waals surface area contributed by atoms with E-state index in [-0.39, 0.29) is 11.3 Å². The van der Waals surface area contributed by atoms with Crippen molar-refractivity contribution in [3.63, 3.8) is 0 Å². The molecule has 0 spiro atoms. The van der Waals surface area contributed by atoms with Crippen LogP contribution in [0.2, 0.25) is 0 Å². The summed E-state index contributed by atoms with van der Waals surface area (Å²) in [7, 11) is 0. The van der Waals surface area contributed by atoms with Crippen molar-refractivity contribution in [1.82, 2.24) is 4.98 Å². The predicted molar refractivity (Wildman–Crippen MR) is 108 cm³/mol. The van der Waals surface area contributed by atoms with E-state index in [1.54, 1.807) is 24.3 Å². The number of allylic oxidation sites excluding steroid dienone is 1. The molecule has 130 valence electrons. The van der Waals surface area contributed by atoms with E-state index in [4.69, 9.17) is 4.74 Å². The van der Waals surface area contributed by atoms with Crippen molar-refractivity contribution in [2.75, 3.05) is 0 Å². The number of fused-ring (bicyclic) bond motifs is 1. The van der Waals surface area contributed by atoms with Gasteiger partial charge in [0.25, 0.3) is 0 Å². The van der Waals surface area contributed by atoms with Crippen LogP contribution in [0.25, 0.3) is 21.5 Å². The Labute approximate surface area is 160 Å². The molecule has 0 fully saturated rings. The highest BCUT2D eigenvalue weighted by molar-refractivity contribution is 7.19. The fraction of sp³-hybridized carbons (Fsp3) is 0. The topological polar surface area (TPSA) is 66.1 Å². The van der Waals surface area contributed by atoms with E-state index in [0.29, 0.717) is 16.3 Å². The summed E-state index contributed by atoms with van der Waals surface area (Å²) in [5, 5.41) is 20.7. The largest absolute Gasteiger partial charge is 0.506 e. The van der Waals surface area contributed by atoms with Crippen LogP contribution in [0.15, 0.2) is 78.9 Å². The molecule has 5 heteroatoms. The van der Waals surface area contributed by atoms with E-state index in [2.05, 4.69) is 11.1 Å². The number of para-hydroxylation sites is 2. The van der Waals surface area contributed by atoms with Gasteiger partial charge in [-0.15, -0.1) is 11.3 Å². The van der Waals surface area contributed by atoms with Crippen LogP contribution in [-0.2, 0) is 0 Å². The Balaban J connectivity index is 1.65. The Morgan fingerprint density at radius 3 is 2.26 bits per heavy atom. The first-order chi connectivity index (χ1) is 13.2. The molecule has 0 aliphatic rings. The highest BCUT2D eigenvalue weighted by Gasteiger charge is 2.15. The van der Waals surface area contributed by atoms with Gasteiger partial charge in [0.05, 0.1) is 10.2 Å². The summed E-state index contributed by atoms with van der Waals surface area (Å²) in [6.07, 6.45) is 0. The van der Waals surface area contributed by atoms with E-state index in [1.807, 2.05) is 54.6 Å². The Bertz CT molecular complexity index is 1120. The van der Waals surface area contributed by atoms with Crippen molar-refractivity contribution >= 4 is 32.9 Å². The van der Waals surface area contributed by atoms with E-state index < -0.39 is 0 Å². The Morgan fingerprint density at radius 1 is 0.889 bits per heavy atom. The number of aliphatic hydroxyl groups is 1. The molecule has 4 aromatic rings. The molecule has 1 aromatic heterocycles. The molecular formula is C22H14N2O2S. The van der Waals surface area contributed by atoms with Crippen molar-refractivity contribution in [3.05, 3.63) is 89.4 Å². The normalized spacial score (nSPS) is 11.7. The lowest BCUT2D eigenvalue weighted by molar-refractivity contribution is 0.482. The summed E-state index contributed by atoms with van der Waals surface area (Å²) < 4.78 is 6.72. The highest BCUT2D eigenvalue weighted by Crippen LogP contribution is 2.31. The molecule has 1 heterocycles. The highest BCUT2D eigenvalue weighted by atomic mass is 32.1. The molecule has 0 amide bonds. The minimum Gasteiger partial charge on any atom is -0.506 e. The summed E-state index contributed by atoms with van der Waals surface area (Å²) in [5.41, 5.74) is 1.50. The standard InChI is InChI=1S/C22H14N2O2S/c23-14-18(22-24-19-8-4-5-9-20(19)27-22)21(25)15-10-12-17(13-11-15)26-16-6-2-1-3-7-16/h1-13,25H/b21-18-. The third kappa shape index (κ3) is 3.52. The molecule has 0 radical (unpaired) electrons. The van der Waals surface area contributed by atoms with Gasteiger partial charge in [-0.3, -0.25) is 0 Å². The molecule has 0 aliphatic carbocycles. The summed E-state index contributed by atoms with van der Waals surface area (Å²) in [6.45, 7) is 0. The Kier molecular flexibility index (Phi) is 4.56. The fourth-order valence-corrected chi connectivity index (χ4v) is 3.59. The fourth-order valence-electron chi connectivity index (χ4n) is 2.63. The number of thiazole rings is 1. The van der Waals surface area contributed by atoms with Gasteiger partial charge in [0.2, 0.25) is 0 Å². The summed E-state index contributed by atoms with van der Waals surface area (Å²) >= 11 is 1.38. The summed E-state index contributed by atoms with van der Waals surface area (Å²) in [5.74, 6) is 1.29. The average Bonchev–Trinajstić information content (AvgIpc) is 3.13. The number of rotatable bonds is 4. The van der Waals surface area contributed by atoms with Gasteiger partial charge in [0.1, 0.15) is 33.9 Å². The molecular weight excluding hydrogens is 356 g/mol. The SMILES string of the molecule is N#C/C(=C(/O)c1ccc(Oc2ccccc2)cc1)c1nc2ccccc2s1. The first-order valence-electron chi connectivity index (χ1n) is 8.27. The number of hydrogen-bond acceptors (Lipinski definition) is 5. The first kappa shape index (κ1) is 16.8. The molecule has 0 saturated heterocycles. The van der Waals surface area contributed by atoms with Gasteiger partial charge in [-0.1, -0.05) is 30.3 Å². The van der Waals surface area contributed by atoms with E-state index in [1.165, 1.54) is 11.3 Å². The van der Waals surface area contributed by atoms with E-state index in [9.17, 15) is 10.4 Å². The Hall–Kier alpha value is -3.62. The van der Waals surface area contributed by atoms with Gasteiger partial charge in [0, 0.05) is 5.56 Å². The molecule has 0 aliphatic heterocycles. The molecule has 1 N–H and O–H groups in total. The zero-order valence-electron chi connectivity index (χ0n) is 14.2. The lowest BCUT2D eigenvalue weighted by atomic mass is 10.1. The summed E-state index contributed by atoms with van der Waals surface area (Å²) in [6, 6.07) is 26.1. The molecule has 0 bridgehead atoms. The van der Waals surface area contributed by atoms with Gasteiger partial charge in [-0.25, -0.2) is 4.98 Å². The molecule has 4 nitrogen and oxygen atoms in total. The minimum atomic E-state index is -0.0946. The van der Waals surface area contributed by atoms with Crippen LogP contribution in [0.3, 0.4) is 0 Å². The van der Waals surface area contributed by atoms with Crippen LogP contribution in [0, 0.1) is 11.3 Å². The van der Waals surface area contributed by atoms with Crippen molar-refractivity contribution < 1.29 is 9.84 Å². The molecule has 0 atom stereocenters. The lowest BCUT2D eigenvalue weighted by Gasteiger charge is -2.07. The van der Waals surface area contributed by atoms with Crippen LogP contribution in [0.4, 0.5) is 0 Å². The zero-order valence-corrected chi connectivity index (χ0v) is 15.0. The lowest BCUT2D eigenvalue weighted by Crippen LogP contribution is -1.90. The Morgan fingerprint density at radius 2 is 1.56 bits per heavy atom.